The molecule has 1 aromatic heterocycles. The van der Waals surface area contributed by atoms with E-state index in [2.05, 4.69) is 10.3 Å². The normalized spacial score (nSPS) is 36.9. The zero-order valence-electron chi connectivity index (χ0n) is 11.3. The molecule has 0 aromatic carbocycles. The van der Waals surface area contributed by atoms with Gasteiger partial charge in [0, 0.05) is 0 Å². The molecule has 0 spiro atoms. The zero-order valence-corrected chi connectivity index (χ0v) is 12.1. The first-order chi connectivity index (χ1) is 10.5. The van der Waals surface area contributed by atoms with Crippen LogP contribution in [0.2, 0.25) is 5.15 Å². The number of hydrogen-bond donors (Lipinski definition) is 4. The fraction of sp³-hybridized carbons (Fsp3) is 0.538. The summed E-state index contributed by atoms with van der Waals surface area (Å²) >= 11 is 5.76. The number of anilines is 1. The van der Waals surface area contributed by atoms with Gasteiger partial charge < -0.3 is 30.1 Å². The quantitative estimate of drug-likeness (QED) is 0.533. The number of nitrogens with one attached hydrogen (secondary N) is 1. The molecular formula is C13H14ClN3O5. The Morgan fingerprint density at radius 1 is 1.55 bits per heavy atom. The van der Waals surface area contributed by atoms with E-state index in [4.69, 9.17) is 26.3 Å². The smallest absolute Gasteiger partial charge is 0.181 e. The second-order valence-electron chi connectivity index (χ2n) is 5.30. The number of halogens is 1. The van der Waals surface area contributed by atoms with Gasteiger partial charge in [0.15, 0.2) is 6.29 Å². The number of nitriles is 1. The Kier molecular flexibility index (Phi) is 3.94. The second kappa shape index (κ2) is 5.62. The second-order valence-corrected chi connectivity index (χ2v) is 5.66. The van der Waals surface area contributed by atoms with E-state index in [1.807, 2.05) is 6.07 Å². The van der Waals surface area contributed by atoms with Crippen LogP contribution < -0.4 is 5.32 Å². The molecule has 2 saturated heterocycles. The van der Waals surface area contributed by atoms with Crippen LogP contribution in [-0.4, -0.2) is 63.7 Å². The van der Waals surface area contributed by atoms with Crippen molar-refractivity contribution in [3.8, 4) is 6.07 Å². The Hall–Kier alpha value is -1.47. The lowest BCUT2D eigenvalue weighted by molar-refractivity contribution is -0.224. The molecule has 3 heterocycles. The summed E-state index contributed by atoms with van der Waals surface area (Å²) in [5, 5.41) is 41.7. The third-order valence-corrected chi connectivity index (χ3v) is 4.23. The molecule has 0 aliphatic carbocycles. The van der Waals surface area contributed by atoms with Crippen LogP contribution in [0.5, 0.6) is 0 Å². The summed E-state index contributed by atoms with van der Waals surface area (Å²) in [6.45, 7) is -0.484. The first-order valence-electron chi connectivity index (χ1n) is 6.59. The van der Waals surface area contributed by atoms with Crippen molar-refractivity contribution in [2.45, 2.75) is 30.1 Å². The van der Waals surface area contributed by atoms with Crippen molar-refractivity contribution in [3.63, 3.8) is 0 Å². The van der Waals surface area contributed by atoms with E-state index >= 15 is 0 Å². The van der Waals surface area contributed by atoms with Gasteiger partial charge in [-0.15, -0.1) is 0 Å². The summed E-state index contributed by atoms with van der Waals surface area (Å²) in [4.78, 5) is 3.87. The summed E-state index contributed by atoms with van der Waals surface area (Å²) in [7, 11) is 0. The van der Waals surface area contributed by atoms with E-state index in [-0.39, 0.29) is 17.3 Å². The molecule has 3 rings (SSSR count). The van der Waals surface area contributed by atoms with Crippen molar-refractivity contribution in [2.24, 2.45) is 0 Å². The summed E-state index contributed by atoms with van der Waals surface area (Å²) in [6.07, 6.45) is -1.99. The monoisotopic (exact) mass is 327 g/mol. The SMILES string of the molecule is N#Cc1cc(N[C@H]2[C@H]3OC[C@](CO)(O3)[C@H](O)[C@@H]2O)cnc1Cl. The molecule has 2 bridgehead atoms. The highest BCUT2D eigenvalue weighted by atomic mass is 35.5. The van der Waals surface area contributed by atoms with E-state index in [9.17, 15) is 15.3 Å². The maximum absolute atomic E-state index is 10.3. The van der Waals surface area contributed by atoms with Crippen molar-refractivity contribution >= 4 is 17.3 Å². The molecule has 4 N–H and O–H groups in total. The predicted octanol–water partition coefficient (Wildman–Crippen LogP) is -0.773. The Morgan fingerprint density at radius 3 is 3.00 bits per heavy atom. The number of aliphatic hydroxyl groups is 3. The van der Waals surface area contributed by atoms with Crippen molar-refractivity contribution in [2.75, 3.05) is 18.5 Å². The van der Waals surface area contributed by atoms with Crippen LogP contribution in [0.4, 0.5) is 5.69 Å². The fourth-order valence-electron chi connectivity index (χ4n) is 2.65. The van der Waals surface area contributed by atoms with Crippen LogP contribution in [0, 0.1) is 11.3 Å². The lowest BCUT2D eigenvalue weighted by Gasteiger charge is -2.42. The van der Waals surface area contributed by atoms with Gasteiger partial charge in [0.05, 0.1) is 30.7 Å². The molecular weight excluding hydrogens is 314 g/mol. The number of rotatable bonds is 3. The van der Waals surface area contributed by atoms with Gasteiger partial charge in [-0.2, -0.15) is 5.26 Å². The van der Waals surface area contributed by atoms with Crippen LogP contribution in [-0.2, 0) is 9.47 Å². The highest BCUT2D eigenvalue weighted by molar-refractivity contribution is 6.30. The maximum Gasteiger partial charge on any atom is 0.181 e. The molecule has 0 amide bonds. The van der Waals surface area contributed by atoms with Gasteiger partial charge in [0.2, 0.25) is 0 Å². The van der Waals surface area contributed by atoms with Crippen LogP contribution >= 0.6 is 11.6 Å². The van der Waals surface area contributed by atoms with Gasteiger partial charge in [0.1, 0.15) is 35.1 Å². The number of aromatic nitrogens is 1. The van der Waals surface area contributed by atoms with E-state index in [0.717, 1.165) is 0 Å². The minimum atomic E-state index is -1.32. The maximum atomic E-state index is 10.3. The van der Waals surface area contributed by atoms with Crippen LogP contribution in [0.1, 0.15) is 5.56 Å². The topological polar surface area (TPSA) is 128 Å². The largest absolute Gasteiger partial charge is 0.393 e. The van der Waals surface area contributed by atoms with E-state index in [1.165, 1.54) is 12.3 Å². The Balaban J connectivity index is 1.83. The lowest BCUT2D eigenvalue weighted by atomic mass is 9.88. The number of fused-ring (bicyclic) bond motifs is 2. The number of nitrogens with zero attached hydrogens (tertiary/aromatic N) is 2. The Bertz CT molecular complexity index is 624. The minimum Gasteiger partial charge on any atom is -0.393 e. The third-order valence-electron chi connectivity index (χ3n) is 3.93. The molecule has 1 aromatic rings. The van der Waals surface area contributed by atoms with Gasteiger partial charge in [-0.3, -0.25) is 0 Å². The first kappa shape index (κ1) is 15.4. The van der Waals surface area contributed by atoms with Crippen molar-refractivity contribution < 1.29 is 24.8 Å². The van der Waals surface area contributed by atoms with Crippen molar-refractivity contribution in [1.29, 1.82) is 5.26 Å². The molecule has 2 aliphatic rings. The van der Waals surface area contributed by atoms with Gasteiger partial charge in [-0.05, 0) is 6.07 Å². The van der Waals surface area contributed by atoms with Gasteiger partial charge in [-0.1, -0.05) is 11.6 Å². The third kappa shape index (κ3) is 2.32. The van der Waals surface area contributed by atoms with Crippen LogP contribution in [0.15, 0.2) is 12.3 Å². The molecule has 5 atom stereocenters. The molecule has 118 valence electrons. The molecule has 0 unspecified atom stereocenters. The average Bonchev–Trinajstić information content (AvgIpc) is 2.94. The fourth-order valence-corrected chi connectivity index (χ4v) is 2.80. The average molecular weight is 328 g/mol. The van der Waals surface area contributed by atoms with E-state index in [1.54, 1.807) is 0 Å². The highest BCUT2D eigenvalue weighted by Gasteiger charge is 2.59. The molecule has 9 heteroatoms. The standard InChI is InChI=1S/C13H14ClN3O5/c14-11-6(2-15)1-7(3-16-11)17-8-9(19)10(20)13(4-18)5-21-12(8)22-13/h1,3,8-10,12,17-20H,4-5H2/t8-,9-,10-,12+,13+/m1/s1. The zero-order chi connectivity index (χ0) is 15.9. The molecule has 8 nitrogen and oxygen atoms in total. The van der Waals surface area contributed by atoms with E-state index < -0.39 is 36.7 Å². The van der Waals surface area contributed by atoms with E-state index in [0.29, 0.717) is 5.69 Å². The molecule has 0 saturated carbocycles. The minimum absolute atomic E-state index is 0.0209. The summed E-state index contributed by atoms with van der Waals surface area (Å²) in [5.41, 5.74) is -0.707. The van der Waals surface area contributed by atoms with Gasteiger partial charge in [0.25, 0.3) is 0 Å². The molecule has 2 fully saturated rings. The lowest BCUT2D eigenvalue weighted by Crippen LogP contribution is -2.64. The highest BCUT2D eigenvalue weighted by Crippen LogP contribution is 2.37. The summed E-state index contributed by atoms with van der Waals surface area (Å²) < 4.78 is 10.9. The van der Waals surface area contributed by atoms with Gasteiger partial charge in [-0.25, -0.2) is 4.98 Å². The number of pyridine rings is 1. The summed E-state index contributed by atoms with van der Waals surface area (Å²) in [5.74, 6) is 0. The number of ether oxygens (including phenoxy) is 2. The Morgan fingerprint density at radius 2 is 2.32 bits per heavy atom. The van der Waals surface area contributed by atoms with Crippen molar-refractivity contribution in [1.82, 2.24) is 4.98 Å². The molecule has 2 aliphatic heterocycles. The Labute approximate surface area is 130 Å². The number of aliphatic hydroxyl groups excluding tert-OH is 3. The first-order valence-corrected chi connectivity index (χ1v) is 6.97. The number of hydrogen-bond acceptors (Lipinski definition) is 8. The van der Waals surface area contributed by atoms with Crippen LogP contribution in [0.3, 0.4) is 0 Å². The molecule has 0 radical (unpaired) electrons. The molecule has 22 heavy (non-hydrogen) atoms. The summed E-state index contributed by atoms with van der Waals surface area (Å²) in [6, 6.07) is 2.58. The van der Waals surface area contributed by atoms with Crippen molar-refractivity contribution in [3.05, 3.63) is 23.0 Å². The predicted molar refractivity (Wildman–Crippen MR) is 74.0 cm³/mol. The van der Waals surface area contributed by atoms with Crippen LogP contribution in [0.25, 0.3) is 0 Å². The van der Waals surface area contributed by atoms with Gasteiger partial charge >= 0.3 is 0 Å².